The van der Waals surface area contributed by atoms with Gasteiger partial charge in [0.1, 0.15) is 18.2 Å². The van der Waals surface area contributed by atoms with Gasteiger partial charge in [-0.15, -0.1) is 0 Å². The van der Waals surface area contributed by atoms with Crippen molar-refractivity contribution in [1.82, 2.24) is 5.32 Å². The topological polar surface area (TPSA) is 67.8 Å². The minimum absolute atomic E-state index is 0.223. The zero-order valence-corrected chi connectivity index (χ0v) is 18.1. The molecule has 1 N–H and O–H groups in total. The smallest absolute Gasteiger partial charge is 0.279 e. The summed E-state index contributed by atoms with van der Waals surface area (Å²) in [5.41, 5.74) is 2.03. The number of amidine groups is 1. The maximum Gasteiger partial charge on any atom is 0.279 e. The largest absolute Gasteiger partial charge is 0.489 e. The third kappa shape index (κ3) is 5.63. The van der Waals surface area contributed by atoms with Crippen molar-refractivity contribution in [2.45, 2.75) is 6.61 Å². The summed E-state index contributed by atoms with van der Waals surface area (Å²) in [6.07, 6.45) is 1.71. The Labute approximate surface area is 193 Å². The quantitative estimate of drug-likeness (QED) is 0.507. The van der Waals surface area contributed by atoms with Crippen LogP contribution in [0.1, 0.15) is 21.5 Å². The van der Waals surface area contributed by atoms with Crippen molar-refractivity contribution in [1.29, 1.82) is 0 Å². The van der Waals surface area contributed by atoms with Crippen LogP contribution < -0.4 is 10.1 Å². The molecule has 0 bridgehead atoms. The van der Waals surface area contributed by atoms with Gasteiger partial charge >= 0.3 is 0 Å². The maximum atomic E-state index is 13.0. The van der Waals surface area contributed by atoms with E-state index in [1.807, 2.05) is 12.1 Å². The molecule has 1 saturated heterocycles. The number of thioether (sulfide) groups is 1. The van der Waals surface area contributed by atoms with E-state index >= 15 is 0 Å². The van der Waals surface area contributed by atoms with Crippen LogP contribution in [0.15, 0.2) is 82.7 Å². The summed E-state index contributed by atoms with van der Waals surface area (Å²) in [6.45, 7) is 0.320. The molecule has 3 aromatic rings. The van der Waals surface area contributed by atoms with Crippen molar-refractivity contribution >= 4 is 46.4 Å². The Bertz CT molecular complexity index is 1210. The summed E-state index contributed by atoms with van der Waals surface area (Å²) >= 11 is 6.92. The first-order valence-electron chi connectivity index (χ1n) is 9.53. The molecular formula is C24H16ClFN2O3S. The van der Waals surface area contributed by atoms with E-state index < -0.39 is 5.91 Å². The third-order valence-corrected chi connectivity index (χ3v) is 5.60. The minimum atomic E-state index is -0.464. The Kier molecular flexibility index (Phi) is 6.68. The van der Waals surface area contributed by atoms with Crippen LogP contribution in [0.25, 0.3) is 6.08 Å². The molecule has 0 saturated carbocycles. The highest BCUT2D eigenvalue weighted by molar-refractivity contribution is 8.18. The number of hydrogen-bond donors (Lipinski definition) is 1. The lowest BCUT2D eigenvalue weighted by Crippen LogP contribution is -2.20. The molecule has 5 nitrogen and oxygen atoms in total. The summed E-state index contributed by atoms with van der Waals surface area (Å²) < 4.78 is 18.7. The van der Waals surface area contributed by atoms with Crippen molar-refractivity contribution in [2.75, 3.05) is 0 Å². The summed E-state index contributed by atoms with van der Waals surface area (Å²) in [7, 11) is 0. The third-order valence-electron chi connectivity index (χ3n) is 4.44. The fourth-order valence-corrected chi connectivity index (χ4v) is 3.73. The molecule has 2 amide bonds. The first-order chi connectivity index (χ1) is 15.5. The molecule has 0 radical (unpaired) electrons. The first kappa shape index (κ1) is 21.8. The van der Waals surface area contributed by atoms with Crippen LogP contribution >= 0.6 is 23.4 Å². The number of carbonyl (C=O) groups excluding carboxylic acids is 2. The lowest BCUT2D eigenvalue weighted by atomic mass is 10.2. The molecule has 0 spiro atoms. The van der Waals surface area contributed by atoms with Crippen molar-refractivity contribution < 1.29 is 18.7 Å². The van der Waals surface area contributed by atoms with Gasteiger partial charge in [0, 0.05) is 10.6 Å². The normalized spacial score (nSPS) is 15.8. The SMILES string of the molecule is O=C1NC(=NC(=O)c2ccc(Cl)cc2)S/C1=C\c1ccc(OCc2ccc(F)cc2)cc1. The van der Waals surface area contributed by atoms with E-state index in [1.54, 1.807) is 54.6 Å². The van der Waals surface area contributed by atoms with Crippen molar-refractivity contribution in [3.63, 3.8) is 0 Å². The van der Waals surface area contributed by atoms with Gasteiger partial charge in [-0.25, -0.2) is 4.39 Å². The highest BCUT2D eigenvalue weighted by Crippen LogP contribution is 2.27. The molecule has 1 aliphatic rings. The predicted octanol–water partition coefficient (Wildman–Crippen LogP) is 5.46. The van der Waals surface area contributed by atoms with Crippen LogP contribution in [0.2, 0.25) is 5.02 Å². The second kappa shape index (κ2) is 9.80. The number of nitrogens with one attached hydrogen (secondary N) is 1. The first-order valence-corrected chi connectivity index (χ1v) is 10.7. The van der Waals surface area contributed by atoms with Gasteiger partial charge in [-0.2, -0.15) is 4.99 Å². The minimum Gasteiger partial charge on any atom is -0.489 e. The van der Waals surface area contributed by atoms with Crippen molar-refractivity contribution in [3.05, 3.63) is 105 Å². The zero-order valence-electron chi connectivity index (χ0n) is 16.5. The fraction of sp³-hybridized carbons (Fsp3) is 0.0417. The van der Waals surface area contributed by atoms with Gasteiger partial charge in [0.15, 0.2) is 5.17 Å². The van der Waals surface area contributed by atoms with Gasteiger partial charge in [-0.3, -0.25) is 9.59 Å². The molecule has 3 aromatic carbocycles. The van der Waals surface area contributed by atoms with Crippen LogP contribution in [-0.2, 0) is 11.4 Å². The van der Waals surface area contributed by atoms with E-state index in [0.717, 1.165) is 22.9 Å². The molecule has 0 atom stereocenters. The van der Waals surface area contributed by atoms with E-state index in [4.69, 9.17) is 16.3 Å². The molecule has 8 heteroatoms. The van der Waals surface area contributed by atoms with Crippen LogP contribution in [-0.4, -0.2) is 17.0 Å². The fourth-order valence-electron chi connectivity index (χ4n) is 2.79. The summed E-state index contributed by atoms with van der Waals surface area (Å²) in [5, 5.41) is 3.34. The molecule has 1 aliphatic heterocycles. The lowest BCUT2D eigenvalue weighted by Gasteiger charge is -2.06. The molecule has 0 aromatic heterocycles. The molecule has 32 heavy (non-hydrogen) atoms. The Morgan fingerprint density at radius 3 is 2.41 bits per heavy atom. The molecule has 160 valence electrons. The van der Waals surface area contributed by atoms with Gasteiger partial charge in [0.25, 0.3) is 11.8 Å². The zero-order chi connectivity index (χ0) is 22.5. The van der Waals surface area contributed by atoms with Crippen molar-refractivity contribution in [2.24, 2.45) is 4.99 Å². The number of ether oxygens (including phenoxy) is 1. The molecule has 0 aliphatic carbocycles. The van der Waals surface area contributed by atoms with Gasteiger partial charge in [0.2, 0.25) is 0 Å². The van der Waals surface area contributed by atoms with Crippen molar-refractivity contribution in [3.8, 4) is 5.75 Å². The summed E-state index contributed by atoms with van der Waals surface area (Å²) in [4.78, 5) is 28.9. The van der Waals surface area contributed by atoms with E-state index in [2.05, 4.69) is 10.3 Å². The molecule has 1 heterocycles. The lowest BCUT2D eigenvalue weighted by molar-refractivity contribution is -0.115. The number of hydrogen-bond acceptors (Lipinski definition) is 4. The van der Waals surface area contributed by atoms with E-state index in [-0.39, 0.29) is 16.9 Å². The summed E-state index contributed by atoms with van der Waals surface area (Å²) in [5.74, 6) is -0.430. The Morgan fingerprint density at radius 2 is 1.72 bits per heavy atom. The molecule has 4 rings (SSSR count). The van der Waals surface area contributed by atoms with Gasteiger partial charge in [-0.05, 0) is 77.5 Å². The highest BCUT2D eigenvalue weighted by atomic mass is 35.5. The number of nitrogens with zero attached hydrogens (tertiary/aromatic N) is 1. The maximum absolute atomic E-state index is 13.0. The molecule has 1 fully saturated rings. The number of carbonyl (C=O) groups is 2. The highest BCUT2D eigenvalue weighted by Gasteiger charge is 2.24. The Hall–Kier alpha value is -3.42. The average Bonchev–Trinajstić information content (AvgIpc) is 3.13. The van der Waals surface area contributed by atoms with Gasteiger partial charge in [0.05, 0.1) is 4.91 Å². The van der Waals surface area contributed by atoms with Gasteiger partial charge in [-0.1, -0.05) is 35.9 Å². The number of amides is 2. The molecule has 0 unspecified atom stereocenters. The number of benzene rings is 3. The summed E-state index contributed by atoms with van der Waals surface area (Å²) in [6, 6.07) is 19.7. The average molecular weight is 467 g/mol. The predicted molar refractivity (Wildman–Crippen MR) is 124 cm³/mol. The number of halogens is 2. The second-order valence-corrected chi connectivity index (χ2v) is 8.25. The van der Waals surface area contributed by atoms with Crippen LogP contribution in [0, 0.1) is 5.82 Å². The Balaban J connectivity index is 1.39. The van der Waals surface area contributed by atoms with Crippen LogP contribution in [0.3, 0.4) is 0 Å². The van der Waals surface area contributed by atoms with E-state index in [9.17, 15) is 14.0 Å². The standard InChI is InChI=1S/C24H16ClFN2O3S/c25-18-7-5-17(6-8-18)22(29)27-24-28-23(30)21(32-24)13-15-3-11-20(12-4-15)31-14-16-1-9-19(26)10-2-16/h1-13H,14H2,(H,27,28,29,30)/b21-13-. The van der Waals surface area contributed by atoms with Gasteiger partial charge < -0.3 is 10.1 Å². The Morgan fingerprint density at radius 1 is 1.03 bits per heavy atom. The second-order valence-electron chi connectivity index (χ2n) is 6.78. The number of rotatable bonds is 5. The monoisotopic (exact) mass is 466 g/mol. The van der Waals surface area contributed by atoms with Crippen LogP contribution in [0.4, 0.5) is 4.39 Å². The number of aliphatic imine (C=N–C) groups is 1. The molecular weight excluding hydrogens is 451 g/mol. The van der Waals surface area contributed by atoms with E-state index in [0.29, 0.717) is 27.8 Å². The van der Waals surface area contributed by atoms with E-state index in [1.165, 1.54) is 12.1 Å². The van der Waals surface area contributed by atoms with Crippen LogP contribution in [0.5, 0.6) is 5.75 Å².